The molecule has 0 amide bonds. The first kappa shape index (κ1) is 28.2. The van der Waals surface area contributed by atoms with Gasteiger partial charge >= 0.3 is 0 Å². The maximum atomic E-state index is 15.1. The van der Waals surface area contributed by atoms with Crippen LogP contribution in [0.15, 0.2) is 48.5 Å². The molecule has 0 aliphatic carbocycles. The van der Waals surface area contributed by atoms with Crippen molar-refractivity contribution in [1.82, 2.24) is 0 Å². The second kappa shape index (κ2) is 13.3. The maximum Gasteiger partial charge on any atom is 0.201 e. The Labute approximate surface area is 222 Å². The Morgan fingerprint density at radius 2 is 1.32 bits per heavy atom. The van der Waals surface area contributed by atoms with Gasteiger partial charge in [-0.2, -0.15) is 4.39 Å². The summed E-state index contributed by atoms with van der Waals surface area (Å²) in [4.78, 5) is 0. The van der Waals surface area contributed by atoms with Crippen LogP contribution < -0.4 is 4.74 Å². The second-order valence-corrected chi connectivity index (χ2v) is 9.65. The fourth-order valence-corrected chi connectivity index (χ4v) is 4.75. The fourth-order valence-electron chi connectivity index (χ4n) is 4.75. The van der Waals surface area contributed by atoms with E-state index in [1.54, 1.807) is 20.0 Å². The number of unbranched alkanes of at least 4 members (excludes halogenated alkanes) is 4. The SMILES string of the molecule is BCOc1ccc(-c2ccc(-c3ccc(C4OCC(CCCCCCC)CO4)c(F)c3F)cc2)c(F)c1F. The lowest BCUT2D eigenvalue weighted by Gasteiger charge is -2.30. The molecule has 0 unspecified atom stereocenters. The molecule has 0 atom stereocenters. The molecule has 1 saturated heterocycles. The minimum absolute atomic E-state index is 0.0243. The zero-order valence-corrected chi connectivity index (χ0v) is 21.9. The van der Waals surface area contributed by atoms with Crippen molar-refractivity contribution in [2.75, 3.05) is 19.7 Å². The predicted octanol–water partition coefficient (Wildman–Crippen LogP) is 7.57. The standard InChI is InChI=1S/C30H33BF4O3/c1-2-3-4-5-6-7-19-16-36-30(37-17-19)24-13-12-22(26(32)28(24)34)20-8-10-21(11-9-20)23-14-15-25(38-18-31)29(35)27(23)33/h8-15,19,30H,2-7,16-18,31H2,1H3. The highest BCUT2D eigenvalue weighted by Gasteiger charge is 2.28. The van der Waals surface area contributed by atoms with Crippen molar-refractivity contribution in [3.05, 3.63) is 77.4 Å². The zero-order valence-electron chi connectivity index (χ0n) is 21.9. The summed E-state index contributed by atoms with van der Waals surface area (Å²) in [6, 6.07) is 11.9. The molecule has 1 aliphatic rings. The molecule has 3 nitrogen and oxygen atoms in total. The van der Waals surface area contributed by atoms with Crippen molar-refractivity contribution >= 4 is 7.85 Å². The van der Waals surface area contributed by atoms with Gasteiger partial charge in [-0.25, -0.2) is 13.2 Å². The van der Waals surface area contributed by atoms with Gasteiger partial charge in [-0.3, -0.25) is 0 Å². The molecule has 202 valence electrons. The summed E-state index contributed by atoms with van der Waals surface area (Å²) in [5.74, 6) is -4.04. The Bertz CT molecular complexity index is 1210. The summed E-state index contributed by atoms with van der Waals surface area (Å²) < 4.78 is 75.6. The topological polar surface area (TPSA) is 27.7 Å². The van der Waals surface area contributed by atoms with E-state index in [1.807, 2.05) is 0 Å². The molecule has 8 heteroatoms. The van der Waals surface area contributed by atoms with Crippen LogP contribution in [-0.4, -0.2) is 27.6 Å². The van der Waals surface area contributed by atoms with Gasteiger partial charge in [0.15, 0.2) is 37.3 Å². The van der Waals surface area contributed by atoms with Gasteiger partial charge in [0.2, 0.25) is 5.82 Å². The van der Waals surface area contributed by atoms with E-state index in [9.17, 15) is 8.78 Å². The Balaban J connectivity index is 1.43. The van der Waals surface area contributed by atoms with Crippen LogP contribution in [0.1, 0.15) is 57.3 Å². The number of benzene rings is 3. The van der Waals surface area contributed by atoms with Crippen molar-refractivity contribution in [3.8, 4) is 28.0 Å². The van der Waals surface area contributed by atoms with Crippen LogP contribution in [0.25, 0.3) is 22.3 Å². The molecule has 4 rings (SSSR count). The lowest BCUT2D eigenvalue weighted by Crippen LogP contribution is -2.27. The van der Waals surface area contributed by atoms with E-state index in [2.05, 4.69) is 6.92 Å². The molecule has 38 heavy (non-hydrogen) atoms. The monoisotopic (exact) mass is 528 g/mol. The van der Waals surface area contributed by atoms with E-state index in [0.29, 0.717) is 24.3 Å². The third-order valence-electron chi connectivity index (χ3n) is 6.90. The van der Waals surface area contributed by atoms with Crippen molar-refractivity contribution in [3.63, 3.8) is 0 Å². The van der Waals surface area contributed by atoms with Gasteiger partial charge in [-0.15, -0.1) is 0 Å². The van der Waals surface area contributed by atoms with E-state index < -0.39 is 29.6 Å². The zero-order chi connectivity index (χ0) is 27.1. The van der Waals surface area contributed by atoms with Crippen LogP contribution in [0.2, 0.25) is 0 Å². The second-order valence-electron chi connectivity index (χ2n) is 9.65. The Morgan fingerprint density at radius 1 is 0.737 bits per heavy atom. The molecule has 0 radical (unpaired) electrons. The lowest BCUT2D eigenvalue weighted by atomic mass is 9.98. The summed E-state index contributed by atoms with van der Waals surface area (Å²) in [5, 5.41) is 0. The number of hydrogen-bond acceptors (Lipinski definition) is 3. The van der Waals surface area contributed by atoms with Crippen molar-refractivity contribution in [2.45, 2.75) is 51.7 Å². The molecule has 0 saturated carbocycles. The summed E-state index contributed by atoms with van der Waals surface area (Å²) in [7, 11) is 1.68. The highest BCUT2D eigenvalue weighted by molar-refractivity contribution is 6.08. The van der Waals surface area contributed by atoms with E-state index >= 15 is 8.78 Å². The fraction of sp³-hybridized carbons (Fsp3) is 0.400. The molecule has 3 aromatic carbocycles. The van der Waals surface area contributed by atoms with Crippen LogP contribution in [-0.2, 0) is 9.47 Å². The number of ether oxygens (including phenoxy) is 3. The average Bonchev–Trinajstić information content (AvgIpc) is 2.93. The molecule has 0 bridgehead atoms. The summed E-state index contributed by atoms with van der Waals surface area (Å²) >= 11 is 0. The summed E-state index contributed by atoms with van der Waals surface area (Å²) in [6.07, 6.45) is 6.01. The third kappa shape index (κ3) is 6.41. The van der Waals surface area contributed by atoms with Crippen LogP contribution in [0.3, 0.4) is 0 Å². The minimum atomic E-state index is -1.07. The van der Waals surface area contributed by atoms with E-state index in [1.165, 1.54) is 62.1 Å². The lowest BCUT2D eigenvalue weighted by molar-refractivity contribution is -0.207. The summed E-state index contributed by atoms with van der Waals surface area (Å²) in [5.41, 5.74) is 0.922. The smallest absolute Gasteiger partial charge is 0.201 e. The van der Waals surface area contributed by atoms with Crippen molar-refractivity contribution < 1.29 is 31.8 Å². The van der Waals surface area contributed by atoms with Crippen LogP contribution >= 0.6 is 0 Å². The van der Waals surface area contributed by atoms with E-state index in [4.69, 9.17) is 14.2 Å². The molecule has 1 aliphatic heterocycles. The highest BCUT2D eigenvalue weighted by Crippen LogP contribution is 2.35. The summed E-state index contributed by atoms with van der Waals surface area (Å²) in [6.45, 7) is 3.30. The Kier molecular flexibility index (Phi) is 9.86. The number of halogens is 4. The minimum Gasteiger partial charge on any atom is -0.500 e. The van der Waals surface area contributed by atoms with Crippen molar-refractivity contribution in [2.24, 2.45) is 5.92 Å². The van der Waals surface area contributed by atoms with Gasteiger partial charge in [-0.05, 0) is 29.7 Å². The van der Waals surface area contributed by atoms with Crippen molar-refractivity contribution in [1.29, 1.82) is 0 Å². The van der Waals surface area contributed by atoms with Gasteiger partial charge in [0, 0.05) is 22.6 Å². The van der Waals surface area contributed by atoms with Gasteiger partial charge in [0.25, 0.3) is 0 Å². The Morgan fingerprint density at radius 3 is 1.92 bits per heavy atom. The molecular weight excluding hydrogens is 495 g/mol. The van der Waals surface area contributed by atoms with Gasteiger partial charge < -0.3 is 14.2 Å². The largest absolute Gasteiger partial charge is 0.500 e. The van der Waals surface area contributed by atoms with Crippen LogP contribution in [0.4, 0.5) is 17.6 Å². The first-order chi connectivity index (χ1) is 18.4. The van der Waals surface area contributed by atoms with Gasteiger partial charge in [-0.1, -0.05) is 75.4 Å². The van der Waals surface area contributed by atoms with E-state index in [-0.39, 0.29) is 34.9 Å². The third-order valence-corrected chi connectivity index (χ3v) is 6.90. The average molecular weight is 528 g/mol. The molecular formula is C30H33BF4O3. The first-order valence-corrected chi connectivity index (χ1v) is 13.4. The Hall–Kier alpha value is -2.84. The molecule has 0 N–H and O–H groups in total. The molecule has 0 spiro atoms. The quantitative estimate of drug-likeness (QED) is 0.146. The van der Waals surface area contributed by atoms with E-state index in [0.717, 1.165) is 12.8 Å². The number of hydrogen-bond donors (Lipinski definition) is 0. The molecule has 0 aromatic heterocycles. The predicted molar refractivity (Wildman–Crippen MR) is 143 cm³/mol. The van der Waals surface area contributed by atoms with Crippen LogP contribution in [0.5, 0.6) is 5.75 Å². The van der Waals surface area contributed by atoms with Gasteiger partial charge in [0.1, 0.15) is 0 Å². The first-order valence-electron chi connectivity index (χ1n) is 13.4. The highest BCUT2D eigenvalue weighted by atomic mass is 19.2. The maximum absolute atomic E-state index is 15.1. The molecule has 1 heterocycles. The molecule has 1 fully saturated rings. The number of rotatable bonds is 11. The van der Waals surface area contributed by atoms with Crippen LogP contribution in [0, 0.1) is 29.2 Å². The van der Waals surface area contributed by atoms with Gasteiger partial charge in [0.05, 0.1) is 19.7 Å². The molecule has 3 aromatic rings. The normalized spacial score (nSPS) is 17.5.